The van der Waals surface area contributed by atoms with Gasteiger partial charge in [0.05, 0.1) is 7.11 Å². The molecule has 0 spiro atoms. The minimum Gasteiger partial charge on any atom is -0.465 e. The number of fused-ring (bicyclic) bond motifs is 1. The van der Waals surface area contributed by atoms with E-state index < -0.39 is 11.6 Å². The Morgan fingerprint density at radius 3 is 2.81 bits per heavy atom. The van der Waals surface area contributed by atoms with Gasteiger partial charge in [-0.1, -0.05) is 11.6 Å². The first-order chi connectivity index (χ1) is 7.61. The highest BCUT2D eigenvalue weighted by molar-refractivity contribution is 6.31. The van der Waals surface area contributed by atoms with Crippen LogP contribution >= 0.6 is 11.6 Å². The van der Waals surface area contributed by atoms with Crippen molar-refractivity contribution in [2.75, 3.05) is 7.11 Å². The van der Waals surface area contributed by atoms with Crippen LogP contribution in [-0.4, -0.2) is 13.1 Å². The lowest BCUT2D eigenvalue weighted by Crippen LogP contribution is -2.14. The molecule has 2 aromatic rings. The topological polar surface area (TPSA) is 56.5 Å². The Labute approximate surface area is 95.4 Å². The van der Waals surface area contributed by atoms with Gasteiger partial charge in [-0.05, 0) is 18.2 Å². The van der Waals surface area contributed by atoms with Gasteiger partial charge in [-0.15, -0.1) is 0 Å². The largest absolute Gasteiger partial charge is 0.465 e. The summed E-state index contributed by atoms with van der Waals surface area (Å²) < 4.78 is 9.42. The van der Waals surface area contributed by atoms with Gasteiger partial charge in [0.25, 0.3) is 0 Å². The Kier molecular flexibility index (Phi) is 2.66. The minimum absolute atomic E-state index is 0.127. The standard InChI is InChI=1S/C11H7ClO4/c1-15-10(13)8-4-6-2-3-7(12)5-9(6)16-11(8)14/h2-5H,1H3. The molecule has 0 aliphatic rings. The van der Waals surface area contributed by atoms with E-state index in [0.717, 1.165) is 0 Å². The van der Waals surface area contributed by atoms with Gasteiger partial charge in [0.1, 0.15) is 11.1 Å². The molecule has 4 nitrogen and oxygen atoms in total. The zero-order valence-corrected chi connectivity index (χ0v) is 9.08. The van der Waals surface area contributed by atoms with E-state index in [-0.39, 0.29) is 5.56 Å². The third-order valence-corrected chi connectivity index (χ3v) is 2.34. The predicted octanol–water partition coefficient (Wildman–Crippen LogP) is 2.23. The minimum atomic E-state index is -0.735. The summed E-state index contributed by atoms with van der Waals surface area (Å²) in [5.74, 6) is -0.717. The molecule has 0 bridgehead atoms. The van der Waals surface area contributed by atoms with Crippen molar-refractivity contribution in [3.8, 4) is 0 Å². The number of hydrogen-bond acceptors (Lipinski definition) is 4. The molecular weight excluding hydrogens is 232 g/mol. The van der Waals surface area contributed by atoms with E-state index in [1.165, 1.54) is 19.2 Å². The molecule has 1 heterocycles. The summed E-state index contributed by atoms with van der Waals surface area (Å²) in [7, 11) is 1.20. The van der Waals surface area contributed by atoms with Gasteiger partial charge in [-0.25, -0.2) is 9.59 Å². The van der Waals surface area contributed by atoms with Gasteiger partial charge in [-0.3, -0.25) is 0 Å². The maximum absolute atomic E-state index is 11.4. The summed E-state index contributed by atoms with van der Waals surface area (Å²) in [5.41, 5.74) is -0.524. The van der Waals surface area contributed by atoms with Crippen LogP contribution in [0.2, 0.25) is 5.02 Å². The lowest BCUT2D eigenvalue weighted by molar-refractivity contribution is 0.0596. The molecule has 0 aliphatic carbocycles. The Hall–Kier alpha value is -1.81. The van der Waals surface area contributed by atoms with Crippen molar-refractivity contribution >= 4 is 28.5 Å². The fourth-order valence-corrected chi connectivity index (χ4v) is 1.50. The molecule has 0 radical (unpaired) electrons. The van der Waals surface area contributed by atoms with E-state index in [2.05, 4.69) is 4.74 Å². The normalized spacial score (nSPS) is 10.4. The smallest absolute Gasteiger partial charge is 0.351 e. The van der Waals surface area contributed by atoms with Crippen LogP contribution in [0.5, 0.6) is 0 Å². The predicted molar refractivity (Wildman–Crippen MR) is 58.8 cm³/mol. The molecule has 1 aromatic heterocycles. The van der Waals surface area contributed by atoms with Crippen molar-refractivity contribution in [3.63, 3.8) is 0 Å². The van der Waals surface area contributed by atoms with Crippen molar-refractivity contribution in [3.05, 3.63) is 45.3 Å². The van der Waals surface area contributed by atoms with Crippen LogP contribution in [0.3, 0.4) is 0 Å². The highest BCUT2D eigenvalue weighted by Crippen LogP contribution is 2.18. The number of hydrogen-bond donors (Lipinski definition) is 0. The number of carbonyl (C=O) groups excluding carboxylic acids is 1. The van der Waals surface area contributed by atoms with Crippen LogP contribution in [0.4, 0.5) is 0 Å². The molecule has 0 saturated carbocycles. The molecular formula is C11H7ClO4. The van der Waals surface area contributed by atoms with Gasteiger partial charge in [0, 0.05) is 16.5 Å². The molecule has 0 amide bonds. The van der Waals surface area contributed by atoms with Crippen molar-refractivity contribution in [1.82, 2.24) is 0 Å². The molecule has 0 aliphatic heterocycles. The maximum Gasteiger partial charge on any atom is 0.351 e. The van der Waals surface area contributed by atoms with E-state index >= 15 is 0 Å². The van der Waals surface area contributed by atoms with Crippen molar-refractivity contribution in [2.24, 2.45) is 0 Å². The third-order valence-electron chi connectivity index (χ3n) is 2.10. The number of carbonyl (C=O) groups is 1. The molecule has 82 valence electrons. The number of esters is 1. The van der Waals surface area contributed by atoms with Gasteiger partial charge < -0.3 is 9.15 Å². The third kappa shape index (κ3) is 1.79. The molecule has 16 heavy (non-hydrogen) atoms. The number of methoxy groups -OCH3 is 1. The SMILES string of the molecule is COC(=O)c1cc2ccc(Cl)cc2oc1=O. The lowest BCUT2D eigenvalue weighted by atomic mass is 10.2. The van der Waals surface area contributed by atoms with E-state index in [4.69, 9.17) is 16.0 Å². The summed E-state index contributed by atoms with van der Waals surface area (Å²) in [6.45, 7) is 0. The molecule has 0 unspecified atom stereocenters. The number of benzene rings is 1. The Morgan fingerprint density at radius 2 is 2.12 bits per heavy atom. The monoisotopic (exact) mass is 238 g/mol. The number of ether oxygens (including phenoxy) is 1. The molecule has 0 atom stereocenters. The van der Waals surface area contributed by atoms with E-state index in [0.29, 0.717) is 16.0 Å². The van der Waals surface area contributed by atoms with Gasteiger partial charge >= 0.3 is 11.6 Å². The molecule has 2 rings (SSSR count). The van der Waals surface area contributed by atoms with Crippen LogP contribution in [-0.2, 0) is 4.74 Å². The number of rotatable bonds is 1. The summed E-state index contributed by atoms with van der Waals surface area (Å²) in [6, 6.07) is 6.24. The van der Waals surface area contributed by atoms with Gasteiger partial charge in [0.15, 0.2) is 0 Å². The second kappa shape index (κ2) is 3.98. The van der Waals surface area contributed by atoms with Crippen LogP contribution in [0, 0.1) is 0 Å². The van der Waals surface area contributed by atoms with Crippen LogP contribution in [0.1, 0.15) is 10.4 Å². The fourth-order valence-electron chi connectivity index (χ4n) is 1.34. The van der Waals surface area contributed by atoms with Crippen molar-refractivity contribution in [1.29, 1.82) is 0 Å². The van der Waals surface area contributed by atoms with Crippen molar-refractivity contribution < 1.29 is 13.9 Å². The summed E-state index contributed by atoms with van der Waals surface area (Å²) in [6.07, 6.45) is 0. The van der Waals surface area contributed by atoms with E-state index in [1.807, 2.05) is 0 Å². The number of halogens is 1. The fraction of sp³-hybridized carbons (Fsp3) is 0.0909. The molecule has 5 heteroatoms. The van der Waals surface area contributed by atoms with Crippen molar-refractivity contribution in [2.45, 2.75) is 0 Å². The maximum atomic E-state index is 11.4. The first-order valence-corrected chi connectivity index (χ1v) is 4.81. The van der Waals surface area contributed by atoms with Crippen LogP contribution in [0.15, 0.2) is 33.5 Å². The lowest BCUT2D eigenvalue weighted by Gasteiger charge is -2.00. The van der Waals surface area contributed by atoms with Crippen LogP contribution < -0.4 is 5.63 Å². The Morgan fingerprint density at radius 1 is 1.38 bits per heavy atom. The first kappa shape index (κ1) is 10.7. The average molecular weight is 239 g/mol. The Bertz CT molecular complexity index is 615. The zero-order valence-electron chi connectivity index (χ0n) is 8.32. The summed E-state index contributed by atoms with van der Waals surface area (Å²) in [4.78, 5) is 22.7. The highest BCUT2D eigenvalue weighted by Gasteiger charge is 2.13. The first-order valence-electron chi connectivity index (χ1n) is 4.43. The molecule has 0 N–H and O–H groups in total. The molecule has 0 fully saturated rings. The van der Waals surface area contributed by atoms with Gasteiger partial charge in [0.2, 0.25) is 0 Å². The average Bonchev–Trinajstić information content (AvgIpc) is 2.27. The zero-order chi connectivity index (χ0) is 11.7. The second-order valence-corrected chi connectivity index (χ2v) is 3.56. The summed E-state index contributed by atoms with van der Waals surface area (Å²) >= 11 is 5.75. The van der Waals surface area contributed by atoms with Crippen LogP contribution in [0.25, 0.3) is 11.0 Å². The molecule has 1 aromatic carbocycles. The Balaban J connectivity index is 2.72. The van der Waals surface area contributed by atoms with Gasteiger partial charge in [-0.2, -0.15) is 0 Å². The second-order valence-electron chi connectivity index (χ2n) is 3.12. The highest BCUT2D eigenvalue weighted by atomic mass is 35.5. The van der Waals surface area contributed by atoms with E-state index in [9.17, 15) is 9.59 Å². The molecule has 0 saturated heterocycles. The van der Waals surface area contributed by atoms with E-state index in [1.54, 1.807) is 12.1 Å². The quantitative estimate of drug-likeness (QED) is 0.565. The summed E-state index contributed by atoms with van der Waals surface area (Å²) in [5, 5.41) is 1.07.